The molecule has 0 radical (unpaired) electrons. The fraction of sp³-hybridized carbons (Fsp3) is 0.409. The largest absolute Gasteiger partial charge is 0.298 e. The summed E-state index contributed by atoms with van der Waals surface area (Å²) in [4.78, 5) is 19.4. The van der Waals surface area contributed by atoms with Crippen molar-refractivity contribution < 1.29 is 4.79 Å². The number of rotatable bonds is 5. The standard InChI is InChI=1S/C22H24N4O/c27-21(15-26-7-5-22(3-4-22)6-8-26)11-20-10-18-9-16(19-13-24-25-14-19)1-2-17(18)12-23-20/h1-2,9-10,12-14H,3-8,11,15H2,(H,24,25). The molecule has 1 saturated heterocycles. The molecular formula is C22H24N4O. The number of nitrogens with one attached hydrogen (secondary N) is 1. The Labute approximate surface area is 158 Å². The molecule has 3 heterocycles. The number of likely N-dealkylation sites (tertiary alicyclic amines) is 1. The molecule has 1 aliphatic carbocycles. The lowest BCUT2D eigenvalue weighted by Gasteiger charge is -2.31. The highest BCUT2D eigenvalue weighted by atomic mass is 16.1. The Morgan fingerprint density at radius 3 is 2.63 bits per heavy atom. The lowest BCUT2D eigenvalue weighted by atomic mass is 9.93. The van der Waals surface area contributed by atoms with Gasteiger partial charge in [-0.1, -0.05) is 12.1 Å². The summed E-state index contributed by atoms with van der Waals surface area (Å²) in [6, 6.07) is 8.32. The van der Waals surface area contributed by atoms with E-state index in [1.54, 1.807) is 0 Å². The maximum absolute atomic E-state index is 12.6. The molecule has 1 saturated carbocycles. The van der Waals surface area contributed by atoms with Crippen molar-refractivity contribution in [2.75, 3.05) is 19.6 Å². The zero-order chi connectivity index (χ0) is 18.3. The number of hydrogen-bond donors (Lipinski definition) is 1. The molecule has 0 unspecified atom stereocenters. The van der Waals surface area contributed by atoms with E-state index in [0.29, 0.717) is 18.4 Å². The van der Waals surface area contributed by atoms with Crippen molar-refractivity contribution in [1.82, 2.24) is 20.1 Å². The summed E-state index contributed by atoms with van der Waals surface area (Å²) in [6.45, 7) is 2.71. The van der Waals surface area contributed by atoms with Crippen LogP contribution >= 0.6 is 0 Å². The maximum Gasteiger partial charge on any atom is 0.152 e. The van der Waals surface area contributed by atoms with Crippen molar-refractivity contribution in [3.8, 4) is 11.1 Å². The molecule has 138 valence electrons. The summed E-state index contributed by atoms with van der Waals surface area (Å²) in [5.41, 5.74) is 3.69. The molecule has 0 atom stereocenters. The molecule has 2 aliphatic rings. The van der Waals surface area contributed by atoms with Crippen molar-refractivity contribution in [2.24, 2.45) is 5.41 Å². The number of H-pyrrole nitrogens is 1. The number of Topliss-reactive ketones (excluding diaryl/α,β-unsaturated/α-hetero) is 1. The van der Waals surface area contributed by atoms with Crippen LogP contribution in [0, 0.1) is 5.41 Å². The van der Waals surface area contributed by atoms with Crippen molar-refractivity contribution in [3.05, 3.63) is 48.5 Å². The molecule has 5 rings (SSSR count). The third-order valence-corrected chi connectivity index (χ3v) is 6.26. The zero-order valence-corrected chi connectivity index (χ0v) is 15.4. The van der Waals surface area contributed by atoms with E-state index >= 15 is 0 Å². The lowest BCUT2D eigenvalue weighted by molar-refractivity contribution is -0.120. The van der Waals surface area contributed by atoms with Gasteiger partial charge in [-0.2, -0.15) is 5.10 Å². The molecule has 0 amide bonds. The summed E-state index contributed by atoms with van der Waals surface area (Å²) in [5, 5.41) is 9.07. The van der Waals surface area contributed by atoms with Gasteiger partial charge in [0.15, 0.2) is 5.78 Å². The van der Waals surface area contributed by atoms with Gasteiger partial charge in [-0.25, -0.2) is 0 Å². The second-order valence-corrected chi connectivity index (χ2v) is 8.22. The second kappa shape index (κ2) is 6.57. The summed E-state index contributed by atoms with van der Waals surface area (Å²) in [6.07, 6.45) is 11.3. The number of fused-ring (bicyclic) bond motifs is 1. The van der Waals surface area contributed by atoms with Gasteiger partial charge in [0, 0.05) is 29.0 Å². The van der Waals surface area contributed by atoms with Crippen LogP contribution in [0.4, 0.5) is 0 Å². The quantitative estimate of drug-likeness (QED) is 0.755. The van der Waals surface area contributed by atoms with E-state index in [-0.39, 0.29) is 5.78 Å². The van der Waals surface area contributed by atoms with Gasteiger partial charge in [0.1, 0.15) is 0 Å². The van der Waals surface area contributed by atoms with Crippen molar-refractivity contribution >= 4 is 16.6 Å². The molecular weight excluding hydrogens is 336 g/mol. The first-order valence-electron chi connectivity index (χ1n) is 9.81. The van der Waals surface area contributed by atoms with Gasteiger partial charge in [0.2, 0.25) is 0 Å². The summed E-state index contributed by atoms with van der Waals surface area (Å²) in [7, 11) is 0. The van der Waals surface area contributed by atoms with Crippen LogP contribution in [0.5, 0.6) is 0 Å². The van der Waals surface area contributed by atoms with Crippen LogP contribution in [0.25, 0.3) is 21.9 Å². The molecule has 3 aromatic rings. The predicted molar refractivity (Wildman–Crippen MR) is 105 cm³/mol. The monoisotopic (exact) mass is 360 g/mol. The fourth-order valence-electron chi connectivity index (χ4n) is 4.24. The highest BCUT2D eigenvalue weighted by Crippen LogP contribution is 2.53. The molecule has 5 heteroatoms. The summed E-state index contributed by atoms with van der Waals surface area (Å²) in [5.74, 6) is 0.264. The number of pyridine rings is 1. The minimum atomic E-state index is 0.264. The van der Waals surface area contributed by atoms with Crippen LogP contribution in [0.3, 0.4) is 0 Å². The Bertz CT molecular complexity index is 965. The van der Waals surface area contributed by atoms with Crippen LogP contribution in [0.1, 0.15) is 31.4 Å². The first-order chi connectivity index (χ1) is 13.2. The van der Waals surface area contributed by atoms with E-state index < -0.39 is 0 Å². The van der Waals surface area contributed by atoms with Gasteiger partial charge in [0.05, 0.1) is 19.2 Å². The van der Waals surface area contributed by atoms with Crippen LogP contribution in [0.15, 0.2) is 42.9 Å². The molecule has 1 aromatic carbocycles. The number of nitrogens with zero attached hydrogens (tertiary/aromatic N) is 3. The zero-order valence-electron chi connectivity index (χ0n) is 15.4. The van der Waals surface area contributed by atoms with Crippen LogP contribution in [-0.2, 0) is 11.2 Å². The van der Waals surface area contributed by atoms with E-state index in [4.69, 9.17) is 0 Å². The SMILES string of the molecule is O=C(Cc1cc2cc(-c3cn[nH]c3)ccc2cn1)CN1CCC2(CC1)CC2. The van der Waals surface area contributed by atoms with E-state index in [2.05, 4.69) is 38.3 Å². The molecule has 1 N–H and O–H groups in total. The Hall–Kier alpha value is -2.53. The van der Waals surface area contributed by atoms with Crippen LogP contribution < -0.4 is 0 Å². The average Bonchev–Trinajstić information content (AvgIpc) is 3.20. The Balaban J connectivity index is 1.27. The number of carbonyl (C=O) groups excluding carboxylic acids is 1. The number of piperidine rings is 1. The minimum absolute atomic E-state index is 0.264. The molecule has 1 spiro atoms. The lowest BCUT2D eigenvalue weighted by Crippen LogP contribution is -2.38. The normalized spacial score (nSPS) is 18.8. The van der Waals surface area contributed by atoms with Gasteiger partial charge in [-0.05, 0) is 67.3 Å². The Morgan fingerprint density at radius 2 is 1.89 bits per heavy atom. The molecule has 0 bridgehead atoms. The van der Waals surface area contributed by atoms with Crippen molar-refractivity contribution in [3.63, 3.8) is 0 Å². The second-order valence-electron chi connectivity index (χ2n) is 8.22. The summed E-state index contributed by atoms with van der Waals surface area (Å²) < 4.78 is 0. The number of benzene rings is 1. The number of hydrogen-bond acceptors (Lipinski definition) is 4. The fourth-order valence-corrected chi connectivity index (χ4v) is 4.24. The summed E-state index contributed by atoms with van der Waals surface area (Å²) >= 11 is 0. The first-order valence-corrected chi connectivity index (χ1v) is 9.81. The highest BCUT2D eigenvalue weighted by Gasteiger charge is 2.44. The van der Waals surface area contributed by atoms with E-state index in [0.717, 1.165) is 40.7 Å². The first kappa shape index (κ1) is 16.6. The minimum Gasteiger partial charge on any atom is -0.298 e. The van der Waals surface area contributed by atoms with E-state index in [1.165, 1.54) is 25.7 Å². The van der Waals surface area contributed by atoms with Gasteiger partial charge in [-0.15, -0.1) is 0 Å². The molecule has 2 aromatic heterocycles. The van der Waals surface area contributed by atoms with Crippen LogP contribution in [0.2, 0.25) is 0 Å². The molecule has 27 heavy (non-hydrogen) atoms. The van der Waals surface area contributed by atoms with Gasteiger partial charge in [0.25, 0.3) is 0 Å². The number of aromatic amines is 1. The number of aromatic nitrogens is 3. The third-order valence-electron chi connectivity index (χ3n) is 6.26. The molecule has 5 nitrogen and oxygen atoms in total. The average molecular weight is 360 g/mol. The van der Waals surface area contributed by atoms with Crippen molar-refractivity contribution in [1.29, 1.82) is 0 Å². The topological polar surface area (TPSA) is 61.9 Å². The predicted octanol–water partition coefficient (Wildman–Crippen LogP) is 3.61. The highest BCUT2D eigenvalue weighted by molar-refractivity contribution is 5.88. The molecule has 1 aliphatic heterocycles. The van der Waals surface area contributed by atoms with E-state index in [1.807, 2.05) is 24.7 Å². The van der Waals surface area contributed by atoms with E-state index in [9.17, 15) is 4.79 Å². The van der Waals surface area contributed by atoms with Crippen LogP contribution in [-0.4, -0.2) is 45.5 Å². The Kier molecular flexibility index (Phi) is 4.05. The Morgan fingerprint density at radius 1 is 1.04 bits per heavy atom. The van der Waals surface area contributed by atoms with Crippen molar-refractivity contribution in [2.45, 2.75) is 32.1 Å². The number of ketones is 1. The molecule has 2 fully saturated rings. The van der Waals surface area contributed by atoms with Gasteiger partial charge in [-0.3, -0.25) is 19.8 Å². The number of carbonyl (C=O) groups is 1. The van der Waals surface area contributed by atoms with Gasteiger partial charge < -0.3 is 0 Å². The maximum atomic E-state index is 12.6. The van der Waals surface area contributed by atoms with Gasteiger partial charge >= 0.3 is 0 Å². The smallest absolute Gasteiger partial charge is 0.152 e. The third kappa shape index (κ3) is 3.52.